The molecule has 0 aliphatic carbocycles. The first-order valence-corrected chi connectivity index (χ1v) is 6.55. The monoisotopic (exact) mass is 311 g/mol. The molecule has 96 valence electrons. The van der Waals surface area contributed by atoms with E-state index in [0.717, 1.165) is 23.4 Å². The highest BCUT2D eigenvalue weighted by Gasteiger charge is 2.16. The lowest BCUT2D eigenvalue weighted by Crippen LogP contribution is -2.13. The van der Waals surface area contributed by atoms with Crippen molar-refractivity contribution in [2.24, 2.45) is 7.05 Å². The van der Waals surface area contributed by atoms with Gasteiger partial charge in [-0.2, -0.15) is 0 Å². The predicted octanol–water partition coefficient (Wildman–Crippen LogP) is 2.75. The van der Waals surface area contributed by atoms with Gasteiger partial charge in [-0.05, 0) is 35.1 Å². The molecule has 0 spiro atoms. The van der Waals surface area contributed by atoms with Gasteiger partial charge in [0.25, 0.3) is 0 Å². The second kappa shape index (κ2) is 5.63. The van der Waals surface area contributed by atoms with Gasteiger partial charge in [0.1, 0.15) is 21.9 Å². The number of hydrogen-bond donors (Lipinski definition) is 1. The molecule has 0 amide bonds. The van der Waals surface area contributed by atoms with E-state index >= 15 is 0 Å². The van der Waals surface area contributed by atoms with E-state index in [1.54, 1.807) is 12.1 Å². The SMILES string of the molecule is CNCCc1nc(-c2ccccc2F)c(Br)n1C. The summed E-state index contributed by atoms with van der Waals surface area (Å²) in [5.74, 6) is 0.672. The number of benzene rings is 1. The molecule has 3 nitrogen and oxygen atoms in total. The van der Waals surface area contributed by atoms with Crippen molar-refractivity contribution in [1.82, 2.24) is 14.9 Å². The van der Waals surface area contributed by atoms with Gasteiger partial charge in [0, 0.05) is 25.6 Å². The zero-order valence-electron chi connectivity index (χ0n) is 10.4. The Morgan fingerprint density at radius 1 is 1.39 bits per heavy atom. The summed E-state index contributed by atoms with van der Waals surface area (Å²) in [6.07, 6.45) is 0.806. The minimum Gasteiger partial charge on any atom is -0.325 e. The molecule has 0 aliphatic rings. The predicted molar refractivity (Wildman–Crippen MR) is 73.9 cm³/mol. The van der Waals surface area contributed by atoms with Gasteiger partial charge in [-0.15, -0.1) is 0 Å². The molecule has 0 aliphatic heterocycles. The fourth-order valence-corrected chi connectivity index (χ4v) is 2.31. The fourth-order valence-electron chi connectivity index (χ4n) is 1.81. The molecule has 18 heavy (non-hydrogen) atoms. The molecule has 1 aromatic carbocycles. The van der Waals surface area contributed by atoms with E-state index < -0.39 is 0 Å². The van der Waals surface area contributed by atoms with Crippen LogP contribution in [0.1, 0.15) is 5.82 Å². The summed E-state index contributed by atoms with van der Waals surface area (Å²) < 4.78 is 16.5. The van der Waals surface area contributed by atoms with Gasteiger partial charge >= 0.3 is 0 Å². The van der Waals surface area contributed by atoms with E-state index in [2.05, 4.69) is 26.2 Å². The van der Waals surface area contributed by atoms with Crippen LogP contribution < -0.4 is 5.32 Å². The Hall–Kier alpha value is -1.20. The van der Waals surface area contributed by atoms with E-state index in [9.17, 15) is 4.39 Å². The Bertz CT molecular complexity index is 551. The third-order valence-corrected chi connectivity index (χ3v) is 3.75. The zero-order valence-corrected chi connectivity index (χ0v) is 12.0. The molecule has 0 saturated heterocycles. The quantitative estimate of drug-likeness (QED) is 0.941. The standard InChI is InChI=1S/C13H15BrFN3/c1-16-8-7-11-17-12(13(14)18(11)2)9-5-3-4-6-10(9)15/h3-6,16H,7-8H2,1-2H3. The molecule has 1 N–H and O–H groups in total. The Morgan fingerprint density at radius 3 is 2.78 bits per heavy atom. The lowest BCUT2D eigenvalue weighted by atomic mass is 10.1. The number of nitrogens with one attached hydrogen (secondary N) is 1. The van der Waals surface area contributed by atoms with Crippen molar-refractivity contribution in [1.29, 1.82) is 0 Å². The summed E-state index contributed by atoms with van der Waals surface area (Å²) in [5.41, 5.74) is 1.18. The molecule has 0 unspecified atom stereocenters. The second-order valence-corrected chi connectivity index (χ2v) is 4.81. The largest absolute Gasteiger partial charge is 0.325 e. The highest BCUT2D eigenvalue weighted by Crippen LogP contribution is 2.29. The molecular weight excluding hydrogens is 297 g/mol. The summed E-state index contributed by atoms with van der Waals surface area (Å²) in [6.45, 7) is 0.841. The van der Waals surface area contributed by atoms with Crippen molar-refractivity contribution in [3.63, 3.8) is 0 Å². The van der Waals surface area contributed by atoms with Crippen molar-refractivity contribution in [3.8, 4) is 11.3 Å². The van der Waals surface area contributed by atoms with Crippen LogP contribution in [0, 0.1) is 5.82 Å². The van der Waals surface area contributed by atoms with Gasteiger partial charge in [-0.3, -0.25) is 0 Å². The van der Waals surface area contributed by atoms with E-state index in [0.29, 0.717) is 11.3 Å². The molecule has 0 saturated carbocycles. The average molecular weight is 312 g/mol. The number of nitrogens with zero attached hydrogens (tertiary/aromatic N) is 2. The number of likely N-dealkylation sites (N-methyl/N-ethyl adjacent to an activating group) is 1. The normalized spacial score (nSPS) is 10.9. The van der Waals surface area contributed by atoms with Crippen LogP contribution in [0.3, 0.4) is 0 Å². The van der Waals surface area contributed by atoms with Gasteiger partial charge in [-0.1, -0.05) is 12.1 Å². The number of halogens is 2. The third kappa shape index (κ3) is 2.47. The van der Waals surface area contributed by atoms with Crippen molar-refractivity contribution < 1.29 is 4.39 Å². The van der Waals surface area contributed by atoms with Crippen molar-refractivity contribution >= 4 is 15.9 Å². The van der Waals surface area contributed by atoms with Crippen LogP contribution in [0.25, 0.3) is 11.3 Å². The van der Waals surface area contributed by atoms with Crippen LogP contribution in [0.4, 0.5) is 4.39 Å². The minimum atomic E-state index is -0.253. The maximum atomic E-state index is 13.8. The summed E-state index contributed by atoms with van der Waals surface area (Å²) in [6, 6.07) is 6.68. The molecule has 0 atom stereocenters. The van der Waals surface area contributed by atoms with E-state index in [4.69, 9.17) is 0 Å². The summed E-state index contributed by atoms with van der Waals surface area (Å²) in [4.78, 5) is 4.51. The van der Waals surface area contributed by atoms with Crippen LogP contribution in [0.5, 0.6) is 0 Å². The molecule has 1 aromatic heterocycles. The third-order valence-electron chi connectivity index (χ3n) is 2.85. The Morgan fingerprint density at radius 2 is 2.11 bits per heavy atom. The van der Waals surface area contributed by atoms with Gasteiger partial charge in [-0.25, -0.2) is 9.37 Å². The Balaban J connectivity index is 2.43. The van der Waals surface area contributed by atoms with E-state index in [1.165, 1.54) is 6.07 Å². The summed E-state index contributed by atoms with van der Waals surface area (Å²) in [7, 11) is 3.82. The maximum absolute atomic E-state index is 13.8. The van der Waals surface area contributed by atoms with Gasteiger partial charge < -0.3 is 9.88 Å². The highest BCUT2D eigenvalue weighted by atomic mass is 79.9. The lowest BCUT2D eigenvalue weighted by molar-refractivity contribution is 0.630. The summed E-state index contributed by atoms with van der Waals surface area (Å²) >= 11 is 3.48. The average Bonchev–Trinajstić information content (AvgIpc) is 2.65. The molecule has 5 heteroatoms. The molecule has 0 fully saturated rings. The zero-order chi connectivity index (χ0) is 13.1. The molecule has 1 heterocycles. The van der Waals surface area contributed by atoms with Gasteiger partial charge in [0.05, 0.1) is 0 Å². The lowest BCUT2D eigenvalue weighted by Gasteiger charge is -2.01. The van der Waals surface area contributed by atoms with Crippen molar-refractivity contribution in [2.75, 3.05) is 13.6 Å². The Kier molecular flexibility index (Phi) is 4.14. The van der Waals surface area contributed by atoms with Crippen LogP contribution >= 0.6 is 15.9 Å². The number of imidazole rings is 1. The molecule has 0 bridgehead atoms. The van der Waals surface area contributed by atoms with Gasteiger partial charge in [0.2, 0.25) is 0 Å². The molecular formula is C13H15BrFN3. The topological polar surface area (TPSA) is 29.9 Å². The van der Waals surface area contributed by atoms with E-state index in [-0.39, 0.29) is 5.82 Å². The maximum Gasteiger partial charge on any atom is 0.132 e. The first kappa shape index (κ1) is 13.2. The fraction of sp³-hybridized carbons (Fsp3) is 0.308. The molecule has 0 radical (unpaired) electrons. The number of aromatic nitrogens is 2. The first-order valence-electron chi connectivity index (χ1n) is 5.75. The van der Waals surface area contributed by atoms with Crippen molar-refractivity contribution in [3.05, 3.63) is 40.5 Å². The van der Waals surface area contributed by atoms with E-state index in [1.807, 2.05) is 24.7 Å². The van der Waals surface area contributed by atoms with Crippen LogP contribution in [0.15, 0.2) is 28.9 Å². The van der Waals surface area contributed by atoms with Gasteiger partial charge in [0.15, 0.2) is 0 Å². The second-order valence-electron chi connectivity index (χ2n) is 4.06. The first-order chi connectivity index (χ1) is 8.65. The summed E-state index contributed by atoms with van der Waals surface area (Å²) in [5, 5.41) is 3.08. The van der Waals surface area contributed by atoms with Crippen molar-refractivity contribution in [2.45, 2.75) is 6.42 Å². The molecule has 2 rings (SSSR count). The Labute approximate surface area is 114 Å². The minimum absolute atomic E-state index is 0.253. The highest BCUT2D eigenvalue weighted by molar-refractivity contribution is 9.10. The number of rotatable bonds is 4. The van der Waals surface area contributed by atoms with Crippen LogP contribution in [-0.2, 0) is 13.5 Å². The van der Waals surface area contributed by atoms with Crippen LogP contribution in [0.2, 0.25) is 0 Å². The molecule has 2 aromatic rings. The van der Waals surface area contributed by atoms with Crippen LogP contribution in [-0.4, -0.2) is 23.1 Å². The smallest absolute Gasteiger partial charge is 0.132 e. The number of hydrogen-bond acceptors (Lipinski definition) is 2.